The summed E-state index contributed by atoms with van der Waals surface area (Å²) in [4.78, 5) is 30.0. The lowest BCUT2D eigenvalue weighted by Gasteiger charge is -2.19. The number of carbonyl (C=O) groups is 2. The number of hydrogen-bond donors (Lipinski definition) is 1. The maximum Gasteiger partial charge on any atom is 0.312 e. The molecule has 1 aliphatic rings. The second-order valence-electron chi connectivity index (χ2n) is 6.02. The van der Waals surface area contributed by atoms with Gasteiger partial charge in [0, 0.05) is 30.5 Å². The molecule has 1 atom stereocenters. The summed E-state index contributed by atoms with van der Waals surface area (Å²) < 4.78 is 1.82. The maximum atomic E-state index is 12.7. The Morgan fingerprint density at radius 1 is 1.35 bits per heavy atom. The van der Waals surface area contributed by atoms with Crippen LogP contribution in [0.25, 0.3) is 0 Å². The number of rotatable bonds is 4. The van der Waals surface area contributed by atoms with E-state index in [9.17, 15) is 14.7 Å². The number of carboxylic acid groups (broad SMARTS) is 1. The Bertz CT molecular complexity index is 751. The van der Waals surface area contributed by atoms with Crippen molar-refractivity contribution in [3.05, 3.63) is 48.0 Å². The summed E-state index contributed by atoms with van der Waals surface area (Å²) in [6, 6.07) is 7.20. The van der Waals surface area contributed by atoms with E-state index in [2.05, 4.69) is 4.98 Å². The van der Waals surface area contributed by atoms with Crippen molar-refractivity contribution in [1.82, 2.24) is 9.55 Å². The third-order valence-electron chi connectivity index (χ3n) is 4.14. The first-order valence-corrected chi connectivity index (χ1v) is 7.62. The van der Waals surface area contributed by atoms with Gasteiger partial charge in [0.15, 0.2) is 0 Å². The molecule has 1 aromatic carbocycles. The zero-order chi connectivity index (χ0) is 16.6. The number of aliphatic carboxylic acids is 1. The molecule has 3 rings (SSSR count). The zero-order valence-electron chi connectivity index (χ0n) is 13.1. The lowest BCUT2D eigenvalue weighted by molar-refractivity contribution is -0.138. The van der Waals surface area contributed by atoms with Crippen molar-refractivity contribution in [2.24, 2.45) is 0 Å². The lowest BCUT2D eigenvalue weighted by Crippen LogP contribution is -2.34. The van der Waals surface area contributed by atoms with Crippen LogP contribution in [-0.2, 0) is 16.1 Å². The van der Waals surface area contributed by atoms with Crippen molar-refractivity contribution in [1.29, 1.82) is 0 Å². The van der Waals surface area contributed by atoms with Gasteiger partial charge in [-0.3, -0.25) is 9.59 Å². The molecule has 1 unspecified atom stereocenters. The van der Waals surface area contributed by atoms with Gasteiger partial charge in [0.1, 0.15) is 18.3 Å². The number of carboxylic acids is 1. The van der Waals surface area contributed by atoms with Crippen molar-refractivity contribution >= 4 is 17.6 Å². The second kappa shape index (κ2) is 5.87. The molecule has 0 fully saturated rings. The molecule has 2 aromatic rings. The molecule has 0 saturated heterocycles. The van der Waals surface area contributed by atoms with Crippen LogP contribution in [0.2, 0.25) is 0 Å². The van der Waals surface area contributed by atoms with Gasteiger partial charge in [-0.2, -0.15) is 0 Å². The second-order valence-corrected chi connectivity index (χ2v) is 6.02. The molecular formula is C17H19N3O3. The SMILES string of the molecule is CC(C)c1nccn1CC(=O)N1CC(C(=O)O)c2ccccc21. The van der Waals surface area contributed by atoms with E-state index in [4.69, 9.17) is 0 Å². The molecule has 120 valence electrons. The largest absolute Gasteiger partial charge is 0.481 e. The Morgan fingerprint density at radius 3 is 2.78 bits per heavy atom. The summed E-state index contributed by atoms with van der Waals surface area (Å²) in [5, 5.41) is 9.38. The number of benzene rings is 1. The molecule has 6 nitrogen and oxygen atoms in total. The minimum Gasteiger partial charge on any atom is -0.481 e. The van der Waals surface area contributed by atoms with Crippen molar-refractivity contribution in [3.63, 3.8) is 0 Å². The first kappa shape index (κ1) is 15.3. The van der Waals surface area contributed by atoms with Gasteiger partial charge in [0.2, 0.25) is 5.91 Å². The van der Waals surface area contributed by atoms with Crippen molar-refractivity contribution in [2.75, 3.05) is 11.4 Å². The van der Waals surface area contributed by atoms with Gasteiger partial charge in [-0.05, 0) is 11.6 Å². The maximum absolute atomic E-state index is 12.7. The van der Waals surface area contributed by atoms with Crippen molar-refractivity contribution in [2.45, 2.75) is 32.2 Å². The minimum absolute atomic E-state index is 0.124. The average Bonchev–Trinajstić information content (AvgIpc) is 3.11. The van der Waals surface area contributed by atoms with Gasteiger partial charge in [0.05, 0.1) is 0 Å². The Balaban J connectivity index is 1.86. The molecule has 2 heterocycles. The van der Waals surface area contributed by atoms with Crippen LogP contribution in [0, 0.1) is 0 Å². The summed E-state index contributed by atoms with van der Waals surface area (Å²) in [6.45, 7) is 4.39. The number of fused-ring (bicyclic) bond motifs is 1. The third kappa shape index (κ3) is 2.72. The van der Waals surface area contributed by atoms with E-state index >= 15 is 0 Å². The predicted molar refractivity (Wildman–Crippen MR) is 85.5 cm³/mol. The molecule has 6 heteroatoms. The minimum atomic E-state index is -0.904. The number of aromatic nitrogens is 2. The molecule has 0 bridgehead atoms. The fourth-order valence-corrected chi connectivity index (χ4v) is 3.04. The highest BCUT2D eigenvalue weighted by Gasteiger charge is 2.36. The van der Waals surface area contributed by atoms with E-state index in [-0.39, 0.29) is 24.9 Å². The molecule has 23 heavy (non-hydrogen) atoms. The van der Waals surface area contributed by atoms with Gasteiger partial charge < -0.3 is 14.6 Å². The predicted octanol–water partition coefficient (Wildman–Crippen LogP) is 2.22. The van der Waals surface area contributed by atoms with Crippen LogP contribution >= 0.6 is 0 Å². The van der Waals surface area contributed by atoms with Gasteiger partial charge in [-0.15, -0.1) is 0 Å². The molecule has 1 aliphatic heterocycles. The van der Waals surface area contributed by atoms with Gasteiger partial charge in [-0.25, -0.2) is 4.98 Å². The van der Waals surface area contributed by atoms with Crippen LogP contribution in [0.15, 0.2) is 36.7 Å². The topological polar surface area (TPSA) is 75.4 Å². The van der Waals surface area contributed by atoms with Crippen LogP contribution < -0.4 is 4.90 Å². The third-order valence-corrected chi connectivity index (χ3v) is 4.14. The Labute approximate surface area is 134 Å². The van der Waals surface area contributed by atoms with Crippen LogP contribution in [0.5, 0.6) is 0 Å². The van der Waals surface area contributed by atoms with Crippen LogP contribution in [-0.4, -0.2) is 33.1 Å². The number of para-hydroxylation sites is 1. The highest BCUT2D eigenvalue weighted by molar-refractivity contribution is 5.98. The molecule has 0 spiro atoms. The van der Waals surface area contributed by atoms with Gasteiger partial charge in [0.25, 0.3) is 0 Å². The van der Waals surface area contributed by atoms with E-state index in [0.717, 1.165) is 5.82 Å². The van der Waals surface area contributed by atoms with Crippen LogP contribution in [0.3, 0.4) is 0 Å². The average molecular weight is 313 g/mol. The lowest BCUT2D eigenvalue weighted by atomic mass is 10.0. The monoisotopic (exact) mass is 313 g/mol. The zero-order valence-corrected chi connectivity index (χ0v) is 13.1. The van der Waals surface area contributed by atoms with Crippen LogP contribution in [0.1, 0.15) is 37.1 Å². The summed E-state index contributed by atoms with van der Waals surface area (Å²) in [5.74, 6) is -0.627. The summed E-state index contributed by atoms with van der Waals surface area (Å²) >= 11 is 0. The first-order chi connectivity index (χ1) is 11.0. The molecule has 1 aromatic heterocycles. The number of amides is 1. The molecular weight excluding hydrogens is 294 g/mol. The summed E-state index contributed by atoms with van der Waals surface area (Å²) in [7, 11) is 0. The highest BCUT2D eigenvalue weighted by atomic mass is 16.4. The van der Waals surface area contributed by atoms with Gasteiger partial charge in [-0.1, -0.05) is 32.0 Å². The van der Waals surface area contributed by atoms with Crippen molar-refractivity contribution < 1.29 is 14.7 Å². The standard InChI is InChI=1S/C17H19N3O3/c1-11(2)16-18-7-8-19(16)10-15(21)20-9-13(17(22)23)12-5-3-4-6-14(12)20/h3-8,11,13H,9-10H2,1-2H3,(H,22,23). The molecule has 1 amide bonds. The number of imidazole rings is 1. The fourth-order valence-electron chi connectivity index (χ4n) is 3.04. The van der Waals surface area contributed by atoms with Gasteiger partial charge >= 0.3 is 5.97 Å². The van der Waals surface area contributed by atoms with E-state index in [0.29, 0.717) is 11.3 Å². The van der Waals surface area contributed by atoms with Crippen LogP contribution in [0.4, 0.5) is 5.69 Å². The quantitative estimate of drug-likeness (QED) is 0.939. The normalized spacial score (nSPS) is 16.7. The summed E-state index contributed by atoms with van der Waals surface area (Å²) in [5.41, 5.74) is 1.39. The van der Waals surface area contributed by atoms with E-state index in [1.165, 1.54) is 0 Å². The first-order valence-electron chi connectivity index (χ1n) is 7.62. The summed E-state index contributed by atoms with van der Waals surface area (Å²) in [6.07, 6.45) is 3.46. The molecule has 1 N–H and O–H groups in total. The Morgan fingerprint density at radius 2 is 2.09 bits per heavy atom. The Kier molecular flexibility index (Phi) is 3.90. The number of nitrogens with zero attached hydrogens (tertiary/aromatic N) is 3. The smallest absolute Gasteiger partial charge is 0.312 e. The van der Waals surface area contributed by atoms with Crippen molar-refractivity contribution in [3.8, 4) is 0 Å². The fraction of sp³-hybridized carbons (Fsp3) is 0.353. The van der Waals surface area contributed by atoms with E-state index in [1.807, 2.05) is 24.5 Å². The number of anilines is 1. The van der Waals surface area contributed by atoms with E-state index in [1.54, 1.807) is 35.5 Å². The molecule has 0 saturated carbocycles. The number of carbonyl (C=O) groups excluding carboxylic acids is 1. The molecule has 0 aliphatic carbocycles. The highest BCUT2D eigenvalue weighted by Crippen LogP contribution is 2.36. The number of hydrogen-bond acceptors (Lipinski definition) is 3. The molecule has 0 radical (unpaired) electrons. The Hall–Kier alpha value is -2.63. The van der Waals surface area contributed by atoms with E-state index < -0.39 is 11.9 Å².